The van der Waals surface area contributed by atoms with Crippen LogP contribution in [0.2, 0.25) is 0 Å². The molecular weight excluding hydrogens is 284 g/mol. The van der Waals surface area contributed by atoms with E-state index in [1.54, 1.807) is 18.5 Å². The second-order valence-electron chi connectivity index (χ2n) is 4.58. The number of aryl methyl sites for hydroxylation is 2. The predicted molar refractivity (Wildman–Crippen MR) is 75.0 cm³/mol. The molecule has 0 saturated heterocycles. The summed E-state index contributed by atoms with van der Waals surface area (Å²) >= 11 is 0. The lowest BCUT2D eigenvalue weighted by Crippen LogP contribution is -2.04. The van der Waals surface area contributed by atoms with E-state index in [1.807, 2.05) is 31.2 Å². The summed E-state index contributed by atoms with van der Waals surface area (Å²) in [4.78, 5) is 0.112. The first-order valence-electron chi connectivity index (χ1n) is 5.83. The van der Waals surface area contributed by atoms with Gasteiger partial charge in [0.1, 0.15) is 4.90 Å². The summed E-state index contributed by atoms with van der Waals surface area (Å²) in [5.41, 5.74) is 3.24. The van der Waals surface area contributed by atoms with Crippen LogP contribution in [0.4, 0.5) is 0 Å². The van der Waals surface area contributed by atoms with E-state index in [0.717, 1.165) is 5.56 Å². The van der Waals surface area contributed by atoms with Crippen molar-refractivity contribution in [3.8, 4) is 0 Å². The smallest absolute Gasteiger partial charge is 0.264 e. The van der Waals surface area contributed by atoms with Crippen LogP contribution in [0.1, 0.15) is 22.5 Å². The molecule has 0 aliphatic rings. The molecule has 1 aromatic carbocycles. The summed E-state index contributed by atoms with van der Waals surface area (Å²) in [6.07, 6.45) is 0. The van der Waals surface area contributed by atoms with Crippen LogP contribution >= 0.6 is 10.7 Å². The first-order chi connectivity index (χ1) is 8.79. The van der Waals surface area contributed by atoms with E-state index in [4.69, 9.17) is 10.7 Å². The molecule has 0 amide bonds. The minimum atomic E-state index is -3.75. The largest absolute Gasteiger partial charge is 0.264 e. The zero-order chi connectivity index (χ0) is 14.2. The number of hydrogen-bond acceptors (Lipinski definition) is 3. The second-order valence-corrected chi connectivity index (χ2v) is 7.08. The van der Waals surface area contributed by atoms with Crippen molar-refractivity contribution in [1.29, 1.82) is 0 Å². The molecule has 0 aliphatic carbocycles. The van der Waals surface area contributed by atoms with Crippen molar-refractivity contribution in [2.24, 2.45) is 0 Å². The Hall–Kier alpha value is -1.33. The van der Waals surface area contributed by atoms with Crippen LogP contribution < -0.4 is 0 Å². The Kier molecular flexibility index (Phi) is 3.69. The van der Waals surface area contributed by atoms with Gasteiger partial charge in [-0.25, -0.2) is 8.42 Å². The topological polar surface area (TPSA) is 52.0 Å². The van der Waals surface area contributed by atoms with Crippen molar-refractivity contribution < 1.29 is 8.42 Å². The maximum Gasteiger partial charge on any atom is 0.264 e. The van der Waals surface area contributed by atoms with Crippen molar-refractivity contribution in [3.05, 3.63) is 46.8 Å². The van der Waals surface area contributed by atoms with Gasteiger partial charge in [-0.1, -0.05) is 29.8 Å². The van der Waals surface area contributed by atoms with Crippen molar-refractivity contribution in [2.45, 2.75) is 32.2 Å². The van der Waals surface area contributed by atoms with Crippen LogP contribution in [0.5, 0.6) is 0 Å². The van der Waals surface area contributed by atoms with Gasteiger partial charge in [0.2, 0.25) is 0 Å². The lowest BCUT2D eigenvalue weighted by Gasteiger charge is -2.05. The Labute approximate surface area is 117 Å². The number of rotatable bonds is 3. The van der Waals surface area contributed by atoms with Gasteiger partial charge in [-0.15, -0.1) is 0 Å². The highest BCUT2D eigenvalue weighted by Crippen LogP contribution is 2.23. The molecule has 0 N–H and O–H groups in total. The maximum atomic E-state index is 11.5. The number of benzene rings is 1. The minimum absolute atomic E-state index is 0.112. The van der Waals surface area contributed by atoms with E-state index in [2.05, 4.69) is 5.10 Å². The van der Waals surface area contributed by atoms with Gasteiger partial charge in [-0.2, -0.15) is 5.10 Å². The van der Waals surface area contributed by atoms with E-state index < -0.39 is 9.05 Å². The van der Waals surface area contributed by atoms with Crippen LogP contribution in [-0.2, 0) is 15.6 Å². The molecule has 2 rings (SSSR count). The first-order valence-corrected chi connectivity index (χ1v) is 8.14. The fourth-order valence-electron chi connectivity index (χ4n) is 2.05. The molecule has 0 radical (unpaired) electrons. The summed E-state index contributed by atoms with van der Waals surface area (Å²) in [6, 6.07) is 8.03. The monoisotopic (exact) mass is 298 g/mol. The third-order valence-electron chi connectivity index (χ3n) is 3.01. The molecule has 6 heteroatoms. The molecule has 0 bridgehead atoms. The van der Waals surface area contributed by atoms with Crippen LogP contribution in [0, 0.1) is 20.8 Å². The molecule has 0 aliphatic heterocycles. The van der Waals surface area contributed by atoms with Crippen LogP contribution in [-0.4, -0.2) is 18.2 Å². The van der Waals surface area contributed by atoms with Gasteiger partial charge in [0.25, 0.3) is 9.05 Å². The lowest BCUT2D eigenvalue weighted by molar-refractivity contribution is 0.607. The predicted octanol–water partition coefficient (Wildman–Crippen LogP) is 2.78. The summed E-state index contributed by atoms with van der Waals surface area (Å²) in [5, 5.41) is 4.25. The molecule has 0 fully saturated rings. The molecule has 19 heavy (non-hydrogen) atoms. The first kappa shape index (κ1) is 14.1. The zero-order valence-electron chi connectivity index (χ0n) is 11.0. The third-order valence-corrected chi connectivity index (χ3v) is 4.55. The Morgan fingerprint density at radius 1 is 1.16 bits per heavy atom. The van der Waals surface area contributed by atoms with Crippen LogP contribution in [0.15, 0.2) is 29.2 Å². The van der Waals surface area contributed by atoms with Gasteiger partial charge < -0.3 is 0 Å². The molecule has 0 atom stereocenters. The molecule has 0 spiro atoms. The van der Waals surface area contributed by atoms with E-state index >= 15 is 0 Å². The summed E-state index contributed by atoms with van der Waals surface area (Å²) in [5.74, 6) is 0. The van der Waals surface area contributed by atoms with E-state index in [1.165, 1.54) is 5.56 Å². The number of nitrogens with zero attached hydrogens (tertiary/aromatic N) is 2. The lowest BCUT2D eigenvalue weighted by atomic mass is 10.1. The highest BCUT2D eigenvalue weighted by molar-refractivity contribution is 8.13. The number of halogens is 1. The van der Waals surface area contributed by atoms with Crippen molar-refractivity contribution in [3.63, 3.8) is 0 Å². The Morgan fingerprint density at radius 3 is 2.21 bits per heavy atom. The van der Waals surface area contributed by atoms with Crippen molar-refractivity contribution >= 4 is 19.7 Å². The quantitative estimate of drug-likeness (QED) is 0.819. The van der Waals surface area contributed by atoms with E-state index in [9.17, 15) is 8.42 Å². The Morgan fingerprint density at radius 2 is 1.74 bits per heavy atom. The molecule has 102 valence electrons. The van der Waals surface area contributed by atoms with Crippen LogP contribution in [0.3, 0.4) is 0 Å². The second kappa shape index (κ2) is 4.98. The number of aromatic nitrogens is 2. The molecule has 0 saturated carbocycles. The van der Waals surface area contributed by atoms with Gasteiger partial charge >= 0.3 is 0 Å². The van der Waals surface area contributed by atoms with Gasteiger partial charge in [-0.3, -0.25) is 4.68 Å². The van der Waals surface area contributed by atoms with Gasteiger partial charge in [0.15, 0.2) is 0 Å². The molecule has 1 heterocycles. The Bertz CT molecular complexity index is 703. The van der Waals surface area contributed by atoms with Crippen molar-refractivity contribution in [2.75, 3.05) is 0 Å². The van der Waals surface area contributed by atoms with Gasteiger partial charge in [-0.05, 0) is 26.3 Å². The maximum absolute atomic E-state index is 11.5. The fourth-order valence-corrected chi connectivity index (χ4v) is 3.58. The third kappa shape index (κ3) is 2.98. The summed E-state index contributed by atoms with van der Waals surface area (Å²) < 4.78 is 24.7. The molecular formula is C13H15ClN2O2S. The fraction of sp³-hybridized carbons (Fsp3) is 0.308. The standard InChI is InChI=1S/C13H15ClN2O2S/c1-9-4-6-12(7-5-9)8-16-11(3)13(10(2)15-16)19(14,17)18/h4-7H,8H2,1-3H3. The summed E-state index contributed by atoms with van der Waals surface area (Å²) in [7, 11) is 1.67. The average Bonchev–Trinajstić information content (AvgIpc) is 2.56. The van der Waals surface area contributed by atoms with E-state index in [0.29, 0.717) is 17.9 Å². The molecule has 0 unspecified atom stereocenters. The van der Waals surface area contributed by atoms with Gasteiger partial charge in [0, 0.05) is 10.7 Å². The van der Waals surface area contributed by atoms with Crippen molar-refractivity contribution in [1.82, 2.24) is 9.78 Å². The minimum Gasteiger partial charge on any atom is -0.264 e. The highest BCUT2D eigenvalue weighted by atomic mass is 35.7. The normalized spacial score (nSPS) is 11.8. The highest BCUT2D eigenvalue weighted by Gasteiger charge is 2.22. The SMILES string of the molecule is Cc1ccc(Cn2nc(C)c(S(=O)(=O)Cl)c2C)cc1. The average molecular weight is 299 g/mol. The molecule has 1 aromatic heterocycles. The van der Waals surface area contributed by atoms with Gasteiger partial charge in [0.05, 0.1) is 17.9 Å². The molecule has 2 aromatic rings. The number of hydrogen-bond donors (Lipinski definition) is 0. The zero-order valence-corrected chi connectivity index (χ0v) is 12.6. The summed E-state index contributed by atoms with van der Waals surface area (Å²) in [6.45, 7) is 5.90. The van der Waals surface area contributed by atoms with Crippen LogP contribution in [0.25, 0.3) is 0 Å². The molecule has 4 nitrogen and oxygen atoms in total. The Balaban J connectivity index is 2.40. The van der Waals surface area contributed by atoms with E-state index in [-0.39, 0.29) is 4.90 Å².